The summed E-state index contributed by atoms with van der Waals surface area (Å²) < 4.78 is 7.32. The molecule has 0 bridgehead atoms. The molecule has 0 fully saturated rings. The fraction of sp³-hybridized carbons (Fsp3) is 0.562. The Bertz CT molecular complexity index is 631. The summed E-state index contributed by atoms with van der Waals surface area (Å²) in [6, 6.07) is 4.53. The van der Waals surface area contributed by atoms with Crippen LogP contribution in [0.15, 0.2) is 34.1 Å². The van der Waals surface area contributed by atoms with Crippen LogP contribution in [0.4, 0.5) is 0 Å². The Hall–Kier alpha value is -2.31. The van der Waals surface area contributed by atoms with E-state index < -0.39 is 0 Å². The van der Waals surface area contributed by atoms with Gasteiger partial charge in [-0.3, -0.25) is 4.99 Å². The Morgan fingerprint density at radius 2 is 2.43 bits per heavy atom. The highest BCUT2D eigenvalue weighted by Crippen LogP contribution is 2.11. The quantitative estimate of drug-likeness (QED) is 0.643. The average Bonchev–Trinajstić information content (AvgIpc) is 3.17. The molecule has 3 heterocycles. The van der Waals surface area contributed by atoms with Crippen molar-refractivity contribution in [3.8, 4) is 0 Å². The number of aryl methyl sites for hydroxylation is 1. The number of nitrogens with one attached hydrogen (secondary N) is 2. The summed E-state index contributed by atoms with van der Waals surface area (Å²) in [7, 11) is 0. The average molecular weight is 316 g/mol. The molecule has 0 radical (unpaired) electrons. The third-order valence-corrected chi connectivity index (χ3v) is 3.78. The lowest BCUT2D eigenvalue weighted by molar-refractivity contribution is 0.391. The summed E-state index contributed by atoms with van der Waals surface area (Å²) in [6.45, 7) is 5.74. The van der Waals surface area contributed by atoms with Crippen molar-refractivity contribution < 1.29 is 4.42 Å². The maximum atomic E-state index is 5.35. The van der Waals surface area contributed by atoms with Crippen molar-refractivity contribution in [3.63, 3.8) is 0 Å². The van der Waals surface area contributed by atoms with Crippen LogP contribution >= 0.6 is 0 Å². The van der Waals surface area contributed by atoms with Crippen LogP contribution in [0.25, 0.3) is 0 Å². The number of hydrogen-bond donors (Lipinski definition) is 2. The molecule has 7 nitrogen and oxygen atoms in total. The highest BCUT2D eigenvalue weighted by Gasteiger charge is 2.20. The van der Waals surface area contributed by atoms with Crippen LogP contribution in [-0.2, 0) is 19.4 Å². The van der Waals surface area contributed by atoms with Crippen LogP contribution in [0.2, 0.25) is 0 Å². The fourth-order valence-corrected chi connectivity index (χ4v) is 2.69. The Kier molecular flexibility index (Phi) is 4.95. The van der Waals surface area contributed by atoms with Gasteiger partial charge in [0, 0.05) is 31.5 Å². The predicted molar refractivity (Wildman–Crippen MR) is 88.3 cm³/mol. The zero-order valence-corrected chi connectivity index (χ0v) is 13.7. The minimum atomic E-state index is 0.317. The van der Waals surface area contributed by atoms with Crippen LogP contribution in [0.1, 0.15) is 31.9 Å². The second-order valence-corrected chi connectivity index (χ2v) is 6.10. The molecule has 1 unspecified atom stereocenters. The van der Waals surface area contributed by atoms with E-state index in [1.807, 2.05) is 16.8 Å². The van der Waals surface area contributed by atoms with Crippen molar-refractivity contribution in [1.82, 2.24) is 25.4 Å². The number of rotatable bonds is 5. The fourth-order valence-electron chi connectivity index (χ4n) is 2.69. The predicted octanol–water partition coefficient (Wildman–Crippen LogP) is 1.37. The highest BCUT2D eigenvalue weighted by molar-refractivity contribution is 5.80. The standard InChI is InChI=1S/C16H24N6O/c1-12(2)20-16(17-8-7-14-4-3-9-23-14)21-13-5-6-15-18-11-19-22(15)10-13/h3-4,9,11-13H,5-8,10H2,1-2H3,(H2,17,20,21). The van der Waals surface area contributed by atoms with E-state index in [0.717, 1.165) is 43.4 Å². The summed E-state index contributed by atoms with van der Waals surface area (Å²) in [6.07, 6.45) is 6.11. The summed E-state index contributed by atoms with van der Waals surface area (Å²) in [5.41, 5.74) is 0. The molecule has 0 saturated heterocycles. The summed E-state index contributed by atoms with van der Waals surface area (Å²) in [5.74, 6) is 2.87. The molecule has 1 aliphatic rings. The summed E-state index contributed by atoms with van der Waals surface area (Å²) in [5, 5.41) is 11.2. The van der Waals surface area contributed by atoms with E-state index in [2.05, 4.69) is 39.6 Å². The first kappa shape index (κ1) is 15.6. The van der Waals surface area contributed by atoms with Gasteiger partial charge in [-0.05, 0) is 32.4 Å². The van der Waals surface area contributed by atoms with Crippen LogP contribution in [0.3, 0.4) is 0 Å². The topological polar surface area (TPSA) is 80.3 Å². The molecule has 1 atom stereocenters. The van der Waals surface area contributed by atoms with Gasteiger partial charge in [0.15, 0.2) is 5.96 Å². The lowest BCUT2D eigenvalue weighted by Crippen LogP contribution is -2.49. The van der Waals surface area contributed by atoms with Crippen molar-refractivity contribution in [2.75, 3.05) is 6.54 Å². The van der Waals surface area contributed by atoms with Gasteiger partial charge in [0.05, 0.1) is 12.8 Å². The molecule has 0 amide bonds. The molecule has 2 N–H and O–H groups in total. The third-order valence-electron chi connectivity index (χ3n) is 3.78. The van der Waals surface area contributed by atoms with E-state index in [-0.39, 0.29) is 0 Å². The zero-order chi connectivity index (χ0) is 16.1. The first-order valence-corrected chi connectivity index (χ1v) is 8.17. The van der Waals surface area contributed by atoms with Gasteiger partial charge in [0.2, 0.25) is 0 Å². The van der Waals surface area contributed by atoms with E-state index >= 15 is 0 Å². The van der Waals surface area contributed by atoms with Crippen molar-refractivity contribution in [3.05, 3.63) is 36.3 Å². The number of hydrogen-bond acceptors (Lipinski definition) is 4. The van der Waals surface area contributed by atoms with Crippen molar-refractivity contribution in [2.45, 2.75) is 51.7 Å². The minimum Gasteiger partial charge on any atom is -0.469 e. The third kappa shape index (κ3) is 4.34. The summed E-state index contributed by atoms with van der Waals surface area (Å²) >= 11 is 0. The molecular weight excluding hydrogens is 292 g/mol. The Balaban J connectivity index is 1.58. The largest absolute Gasteiger partial charge is 0.469 e. The SMILES string of the molecule is CC(C)NC(=NCCc1ccco1)NC1CCc2ncnn2C1. The molecule has 23 heavy (non-hydrogen) atoms. The van der Waals surface area contributed by atoms with Gasteiger partial charge in [0.1, 0.15) is 17.9 Å². The van der Waals surface area contributed by atoms with E-state index in [1.165, 1.54) is 0 Å². The number of nitrogens with zero attached hydrogens (tertiary/aromatic N) is 4. The van der Waals surface area contributed by atoms with E-state index in [4.69, 9.17) is 4.42 Å². The van der Waals surface area contributed by atoms with Gasteiger partial charge < -0.3 is 15.1 Å². The van der Waals surface area contributed by atoms with Crippen LogP contribution in [0, 0.1) is 0 Å². The van der Waals surface area contributed by atoms with Crippen LogP contribution in [-0.4, -0.2) is 39.4 Å². The molecule has 1 aliphatic heterocycles. The number of aromatic nitrogens is 3. The monoisotopic (exact) mass is 316 g/mol. The van der Waals surface area contributed by atoms with E-state index in [9.17, 15) is 0 Å². The molecule has 0 spiro atoms. The molecule has 7 heteroatoms. The lowest BCUT2D eigenvalue weighted by Gasteiger charge is -2.26. The number of fused-ring (bicyclic) bond motifs is 1. The van der Waals surface area contributed by atoms with Gasteiger partial charge >= 0.3 is 0 Å². The molecule has 2 aromatic rings. The number of furan rings is 1. The van der Waals surface area contributed by atoms with Crippen molar-refractivity contribution in [2.24, 2.45) is 4.99 Å². The molecular formula is C16H24N6O. The van der Waals surface area contributed by atoms with E-state index in [1.54, 1.807) is 12.6 Å². The van der Waals surface area contributed by atoms with Crippen molar-refractivity contribution >= 4 is 5.96 Å². The molecule has 3 rings (SSSR count). The summed E-state index contributed by atoms with van der Waals surface area (Å²) in [4.78, 5) is 8.93. The lowest BCUT2D eigenvalue weighted by atomic mass is 10.1. The van der Waals surface area contributed by atoms with Gasteiger partial charge in [-0.2, -0.15) is 5.10 Å². The molecule has 2 aromatic heterocycles. The smallest absolute Gasteiger partial charge is 0.191 e. The molecule has 124 valence electrons. The first-order valence-electron chi connectivity index (χ1n) is 8.17. The van der Waals surface area contributed by atoms with E-state index in [0.29, 0.717) is 18.6 Å². The Morgan fingerprint density at radius 3 is 3.22 bits per heavy atom. The second kappa shape index (κ2) is 7.30. The van der Waals surface area contributed by atoms with Crippen LogP contribution < -0.4 is 10.6 Å². The van der Waals surface area contributed by atoms with Crippen LogP contribution in [0.5, 0.6) is 0 Å². The first-order chi connectivity index (χ1) is 11.2. The Labute approximate surface area is 136 Å². The maximum absolute atomic E-state index is 5.35. The van der Waals surface area contributed by atoms with Crippen molar-refractivity contribution in [1.29, 1.82) is 0 Å². The second-order valence-electron chi connectivity index (χ2n) is 6.10. The van der Waals surface area contributed by atoms with Gasteiger partial charge in [0.25, 0.3) is 0 Å². The molecule has 0 saturated carbocycles. The highest BCUT2D eigenvalue weighted by atomic mass is 16.3. The molecule has 0 aliphatic carbocycles. The number of guanidine groups is 1. The maximum Gasteiger partial charge on any atom is 0.191 e. The van der Waals surface area contributed by atoms with Gasteiger partial charge in [-0.25, -0.2) is 9.67 Å². The molecule has 0 aromatic carbocycles. The zero-order valence-electron chi connectivity index (χ0n) is 13.7. The van der Waals surface area contributed by atoms with Gasteiger partial charge in [-0.1, -0.05) is 0 Å². The minimum absolute atomic E-state index is 0.317. The Morgan fingerprint density at radius 1 is 1.52 bits per heavy atom. The van der Waals surface area contributed by atoms with Gasteiger partial charge in [-0.15, -0.1) is 0 Å². The number of aliphatic imine (C=N–C) groups is 1. The normalized spacial score (nSPS) is 18.0.